The first-order chi connectivity index (χ1) is 9.10. The van der Waals surface area contributed by atoms with Crippen molar-refractivity contribution < 1.29 is 14.3 Å². The number of hydrogen-bond acceptors (Lipinski definition) is 4. The molecule has 19 heavy (non-hydrogen) atoms. The van der Waals surface area contributed by atoms with Crippen LogP contribution in [0.4, 0.5) is 0 Å². The van der Waals surface area contributed by atoms with E-state index in [-0.39, 0.29) is 23.7 Å². The lowest BCUT2D eigenvalue weighted by Gasteiger charge is -2.12. The van der Waals surface area contributed by atoms with Crippen molar-refractivity contribution in [2.45, 2.75) is 17.1 Å². The SMILES string of the molecule is C#CCNC(=O)c1ccccc1SC(C)C(=O)OC. The van der Waals surface area contributed by atoms with Gasteiger partial charge >= 0.3 is 5.97 Å². The van der Waals surface area contributed by atoms with Crippen molar-refractivity contribution in [2.75, 3.05) is 13.7 Å². The molecule has 0 bridgehead atoms. The van der Waals surface area contributed by atoms with E-state index in [9.17, 15) is 9.59 Å². The molecule has 0 aromatic heterocycles. The highest BCUT2D eigenvalue weighted by atomic mass is 32.2. The highest BCUT2D eigenvalue weighted by Gasteiger charge is 2.18. The molecule has 0 aliphatic heterocycles. The number of methoxy groups -OCH3 is 1. The Labute approximate surface area is 116 Å². The molecule has 0 fully saturated rings. The predicted octanol–water partition coefficient (Wildman–Crippen LogP) is 1.70. The lowest BCUT2D eigenvalue weighted by atomic mass is 10.2. The van der Waals surface area contributed by atoms with Crippen molar-refractivity contribution in [3.05, 3.63) is 29.8 Å². The highest BCUT2D eigenvalue weighted by Crippen LogP contribution is 2.27. The zero-order valence-electron chi connectivity index (χ0n) is 10.8. The molecule has 0 saturated carbocycles. The number of carbonyl (C=O) groups is 2. The second-order valence-electron chi connectivity index (χ2n) is 3.67. The molecule has 1 aromatic carbocycles. The van der Waals surface area contributed by atoms with E-state index in [4.69, 9.17) is 6.42 Å². The molecule has 0 heterocycles. The lowest BCUT2D eigenvalue weighted by Crippen LogP contribution is -2.24. The van der Waals surface area contributed by atoms with Crippen molar-refractivity contribution >= 4 is 23.6 Å². The molecule has 0 radical (unpaired) electrons. The minimum atomic E-state index is -0.383. The second kappa shape index (κ2) is 7.49. The van der Waals surface area contributed by atoms with Crippen LogP contribution in [0.25, 0.3) is 0 Å². The number of thioether (sulfide) groups is 1. The van der Waals surface area contributed by atoms with E-state index in [1.54, 1.807) is 25.1 Å². The third-order valence-corrected chi connectivity index (χ3v) is 3.48. The lowest BCUT2D eigenvalue weighted by molar-refractivity contribution is -0.139. The van der Waals surface area contributed by atoms with Gasteiger partial charge in [-0.3, -0.25) is 9.59 Å². The number of carbonyl (C=O) groups excluding carboxylic acids is 2. The standard InChI is InChI=1S/C14H15NO3S/c1-4-9-15-13(16)11-7-5-6-8-12(11)19-10(2)14(17)18-3/h1,5-8,10H,9H2,2-3H3,(H,15,16). The second-order valence-corrected chi connectivity index (χ2v) is 5.05. The molecule has 1 N–H and O–H groups in total. The van der Waals surface area contributed by atoms with Crippen LogP contribution in [0.5, 0.6) is 0 Å². The largest absolute Gasteiger partial charge is 0.468 e. The molecule has 100 valence electrons. The Morgan fingerprint density at radius 1 is 1.47 bits per heavy atom. The van der Waals surface area contributed by atoms with Crippen molar-refractivity contribution in [3.8, 4) is 12.3 Å². The van der Waals surface area contributed by atoms with Crippen LogP contribution in [0.1, 0.15) is 17.3 Å². The summed E-state index contributed by atoms with van der Waals surface area (Å²) in [5, 5.41) is 2.22. The first kappa shape index (κ1) is 15.1. The maximum atomic E-state index is 11.9. The average molecular weight is 277 g/mol. The fourth-order valence-electron chi connectivity index (χ4n) is 1.39. The molecule has 4 nitrogen and oxygen atoms in total. The van der Waals surface area contributed by atoms with E-state index >= 15 is 0 Å². The number of terminal acetylenes is 1. The summed E-state index contributed by atoms with van der Waals surface area (Å²) in [6, 6.07) is 7.05. The third kappa shape index (κ3) is 4.34. The number of nitrogens with one attached hydrogen (secondary N) is 1. The summed E-state index contributed by atoms with van der Waals surface area (Å²) in [4.78, 5) is 24.0. The Morgan fingerprint density at radius 3 is 2.79 bits per heavy atom. The minimum absolute atomic E-state index is 0.171. The molecule has 5 heteroatoms. The molecule has 1 atom stereocenters. The number of esters is 1. The van der Waals surface area contributed by atoms with E-state index in [1.165, 1.54) is 18.9 Å². The summed E-state index contributed by atoms with van der Waals surface area (Å²) >= 11 is 1.28. The predicted molar refractivity (Wildman–Crippen MR) is 74.9 cm³/mol. The normalized spacial score (nSPS) is 11.2. The maximum Gasteiger partial charge on any atom is 0.318 e. The van der Waals surface area contributed by atoms with Gasteiger partial charge in [-0.2, -0.15) is 0 Å². The topological polar surface area (TPSA) is 55.4 Å². The zero-order chi connectivity index (χ0) is 14.3. The molecule has 0 aliphatic rings. The Bertz CT molecular complexity index is 508. The van der Waals surface area contributed by atoms with Gasteiger partial charge in [0.2, 0.25) is 0 Å². The first-order valence-corrected chi connectivity index (χ1v) is 6.53. The van der Waals surface area contributed by atoms with Crippen LogP contribution in [0.15, 0.2) is 29.2 Å². The van der Waals surface area contributed by atoms with Crippen molar-refractivity contribution in [1.82, 2.24) is 5.32 Å². The molecule has 0 aliphatic carbocycles. The van der Waals surface area contributed by atoms with Gasteiger partial charge in [-0.1, -0.05) is 18.1 Å². The van der Waals surface area contributed by atoms with E-state index in [1.807, 2.05) is 6.07 Å². The van der Waals surface area contributed by atoms with Gasteiger partial charge in [0.25, 0.3) is 5.91 Å². The fraction of sp³-hybridized carbons (Fsp3) is 0.286. The molecular weight excluding hydrogens is 262 g/mol. The summed E-state index contributed by atoms with van der Waals surface area (Å²) in [7, 11) is 1.34. The van der Waals surface area contributed by atoms with Gasteiger partial charge in [0.05, 0.1) is 19.2 Å². The van der Waals surface area contributed by atoms with Crippen molar-refractivity contribution in [3.63, 3.8) is 0 Å². The number of hydrogen-bond donors (Lipinski definition) is 1. The molecule has 1 rings (SSSR count). The van der Waals surface area contributed by atoms with Gasteiger partial charge in [0.1, 0.15) is 5.25 Å². The number of rotatable bonds is 5. The van der Waals surface area contributed by atoms with Gasteiger partial charge in [-0.05, 0) is 19.1 Å². The van der Waals surface area contributed by atoms with E-state index in [0.717, 1.165) is 4.90 Å². The van der Waals surface area contributed by atoms with Crippen LogP contribution in [0.2, 0.25) is 0 Å². The van der Waals surface area contributed by atoms with Gasteiger partial charge in [0, 0.05) is 4.90 Å². The summed E-state index contributed by atoms with van der Waals surface area (Å²) in [6.07, 6.45) is 5.10. The molecule has 1 amide bonds. The maximum absolute atomic E-state index is 11.9. The van der Waals surface area contributed by atoms with Gasteiger partial charge in [-0.15, -0.1) is 18.2 Å². The number of ether oxygens (including phenoxy) is 1. The van der Waals surface area contributed by atoms with Gasteiger partial charge in [-0.25, -0.2) is 0 Å². The van der Waals surface area contributed by atoms with Crippen molar-refractivity contribution in [2.24, 2.45) is 0 Å². The van der Waals surface area contributed by atoms with Crippen LogP contribution in [0, 0.1) is 12.3 Å². The van der Waals surface area contributed by atoms with E-state index < -0.39 is 0 Å². The Balaban J connectivity index is 2.87. The van der Waals surface area contributed by atoms with Crippen LogP contribution in [0.3, 0.4) is 0 Å². The molecule has 0 spiro atoms. The monoisotopic (exact) mass is 277 g/mol. The summed E-state index contributed by atoms with van der Waals surface area (Å²) in [5.74, 6) is 1.76. The number of benzene rings is 1. The molecule has 1 aromatic rings. The Hall–Kier alpha value is -1.93. The smallest absolute Gasteiger partial charge is 0.318 e. The van der Waals surface area contributed by atoms with E-state index in [2.05, 4.69) is 16.0 Å². The third-order valence-electron chi connectivity index (χ3n) is 2.32. The fourth-order valence-corrected chi connectivity index (χ4v) is 2.41. The summed E-state index contributed by atoms with van der Waals surface area (Å²) < 4.78 is 4.66. The van der Waals surface area contributed by atoms with Gasteiger partial charge < -0.3 is 10.1 Å². The first-order valence-electron chi connectivity index (χ1n) is 5.65. The molecule has 0 saturated heterocycles. The highest BCUT2D eigenvalue weighted by molar-refractivity contribution is 8.00. The quantitative estimate of drug-likeness (QED) is 0.505. The van der Waals surface area contributed by atoms with Gasteiger partial charge in [0.15, 0.2) is 0 Å². The van der Waals surface area contributed by atoms with Crippen LogP contribution >= 0.6 is 11.8 Å². The minimum Gasteiger partial charge on any atom is -0.468 e. The zero-order valence-corrected chi connectivity index (χ0v) is 11.6. The Kier molecular flexibility index (Phi) is 5.97. The average Bonchev–Trinajstić information content (AvgIpc) is 2.44. The molecular formula is C14H15NO3S. The number of amides is 1. The van der Waals surface area contributed by atoms with E-state index in [0.29, 0.717) is 5.56 Å². The van der Waals surface area contributed by atoms with Crippen molar-refractivity contribution in [1.29, 1.82) is 0 Å². The van der Waals surface area contributed by atoms with Crippen LogP contribution < -0.4 is 5.32 Å². The van der Waals surface area contributed by atoms with Crippen LogP contribution in [-0.2, 0) is 9.53 Å². The summed E-state index contributed by atoms with van der Waals surface area (Å²) in [5.41, 5.74) is 0.499. The molecule has 1 unspecified atom stereocenters. The summed E-state index contributed by atoms with van der Waals surface area (Å²) in [6.45, 7) is 1.90. The Morgan fingerprint density at radius 2 is 2.16 bits per heavy atom. The van der Waals surface area contributed by atoms with Crippen LogP contribution in [-0.4, -0.2) is 30.8 Å².